The summed E-state index contributed by atoms with van der Waals surface area (Å²) in [4.78, 5) is 17.9. The highest BCUT2D eigenvalue weighted by molar-refractivity contribution is 7.24. The maximum Gasteiger partial charge on any atom is 0.263 e. The van der Waals surface area contributed by atoms with Crippen LogP contribution in [-0.2, 0) is 6.54 Å². The van der Waals surface area contributed by atoms with Crippen LogP contribution in [0.1, 0.15) is 9.67 Å². The van der Waals surface area contributed by atoms with Gasteiger partial charge in [0.05, 0.1) is 22.0 Å². The summed E-state index contributed by atoms with van der Waals surface area (Å²) in [6, 6.07) is 5.58. The molecule has 0 aliphatic heterocycles. The van der Waals surface area contributed by atoms with E-state index in [1.54, 1.807) is 17.1 Å². The molecule has 108 valence electrons. The largest absolute Gasteiger partial charge is 0.349 e. The van der Waals surface area contributed by atoms with E-state index in [0.29, 0.717) is 22.3 Å². The van der Waals surface area contributed by atoms with Crippen LogP contribution in [0.15, 0.2) is 36.8 Å². The molecule has 3 aromatic heterocycles. The predicted molar refractivity (Wildman–Crippen MR) is 85.0 cm³/mol. The van der Waals surface area contributed by atoms with E-state index in [1.807, 2.05) is 24.4 Å². The summed E-state index contributed by atoms with van der Waals surface area (Å²) >= 11 is 8.72. The van der Waals surface area contributed by atoms with Crippen LogP contribution in [0.4, 0.5) is 0 Å². The Balaban J connectivity index is 1.59. The normalized spacial score (nSPS) is 10.7. The van der Waals surface area contributed by atoms with Crippen LogP contribution < -0.4 is 5.32 Å². The molecule has 5 nitrogen and oxygen atoms in total. The van der Waals surface area contributed by atoms with Gasteiger partial charge in [0, 0.05) is 18.9 Å². The Kier molecular flexibility index (Phi) is 4.33. The number of amides is 1. The Morgan fingerprint density at radius 3 is 3.00 bits per heavy atom. The Morgan fingerprint density at radius 2 is 2.29 bits per heavy atom. The third-order valence-electron chi connectivity index (χ3n) is 2.70. The zero-order chi connectivity index (χ0) is 14.7. The number of nitrogens with zero attached hydrogens (tertiary/aromatic N) is 3. The zero-order valence-corrected chi connectivity index (χ0v) is 13.2. The van der Waals surface area contributed by atoms with E-state index in [1.165, 1.54) is 22.7 Å². The number of halogens is 1. The molecule has 0 fully saturated rings. The number of nitrogens with one attached hydrogen (secondary N) is 1. The van der Waals surface area contributed by atoms with Crippen molar-refractivity contribution in [1.29, 1.82) is 0 Å². The fourth-order valence-corrected chi connectivity index (χ4v) is 3.66. The van der Waals surface area contributed by atoms with Crippen LogP contribution in [0.2, 0.25) is 4.34 Å². The van der Waals surface area contributed by atoms with Gasteiger partial charge in [-0.3, -0.25) is 9.48 Å². The quantitative estimate of drug-likeness (QED) is 0.777. The summed E-state index contributed by atoms with van der Waals surface area (Å²) in [6.07, 6.45) is 5.16. The van der Waals surface area contributed by atoms with Crippen molar-refractivity contribution in [2.75, 3.05) is 6.54 Å². The summed E-state index contributed by atoms with van der Waals surface area (Å²) in [7, 11) is 0. The number of thiophene rings is 1. The second kappa shape index (κ2) is 6.38. The molecule has 0 saturated heterocycles. The molecule has 3 rings (SSSR count). The lowest BCUT2D eigenvalue weighted by Gasteiger charge is -2.03. The van der Waals surface area contributed by atoms with Gasteiger partial charge in [-0.1, -0.05) is 11.6 Å². The number of rotatable bonds is 5. The number of thiazole rings is 1. The van der Waals surface area contributed by atoms with Gasteiger partial charge in [-0.05, 0) is 18.2 Å². The molecule has 0 atom stereocenters. The van der Waals surface area contributed by atoms with Crippen molar-refractivity contribution >= 4 is 40.2 Å². The van der Waals surface area contributed by atoms with Gasteiger partial charge in [0.2, 0.25) is 0 Å². The van der Waals surface area contributed by atoms with Gasteiger partial charge in [0.25, 0.3) is 5.91 Å². The highest BCUT2D eigenvalue weighted by atomic mass is 35.5. The number of hydrogen-bond acceptors (Lipinski definition) is 5. The van der Waals surface area contributed by atoms with Gasteiger partial charge in [-0.25, -0.2) is 4.98 Å². The van der Waals surface area contributed by atoms with Gasteiger partial charge in [-0.2, -0.15) is 5.10 Å². The molecule has 3 aromatic rings. The molecular formula is C13H11ClN4OS2. The van der Waals surface area contributed by atoms with E-state index in [9.17, 15) is 4.79 Å². The van der Waals surface area contributed by atoms with Crippen molar-refractivity contribution in [1.82, 2.24) is 20.1 Å². The van der Waals surface area contributed by atoms with E-state index in [-0.39, 0.29) is 5.91 Å². The first-order valence-electron chi connectivity index (χ1n) is 6.19. The number of carbonyl (C=O) groups excluding carboxylic acids is 1. The third-order valence-corrected chi connectivity index (χ3v) is 5.10. The van der Waals surface area contributed by atoms with Crippen LogP contribution in [0.25, 0.3) is 9.88 Å². The maximum absolute atomic E-state index is 12.0. The average Bonchev–Trinajstić information content (AvgIpc) is 3.19. The lowest BCUT2D eigenvalue weighted by atomic mass is 10.5. The standard InChI is InChI=1S/C13H11ClN4OS2/c14-11-3-2-9(20-11)13-16-8-10(21-13)12(19)15-5-7-18-6-1-4-17-18/h1-4,6,8H,5,7H2,(H,15,19). The van der Waals surface area contributed by atoms with Crippen LogP contribution in [0, 0.1) is 0 Å². The minimum atomic E-state index is -0.117. The SMILES string of the molecule is O=C(NCCn1cccn1)c1cnc(-c2ccc(Cl)s2)s1. The summed E-state index contributed by atoms with van der Waals surface area (Å²) in [5, 5.41) is 7.74. The predicted octanol–water partition coefficient (Wildman–Crippen LogP) is 3.15. The molecule has 21 heavy (non-hydrogen) atoms. The van der Waals surface area contributed by atoms with Crippen molar-refractivity contribution in [2.45, 2.75) is 6.54 Å². The lowest BCUT2D eigenvalue weighted by molar-refractivity contribution is 0.0956. The van der Waals surface area contributed by atoms with Gasteiger partial charge in [-0.15, -0.1) is 22.7 Å². The monoisotopic (exact) mass is 338 g/mol. The van der Waals surface area contributed by atoms with Gasteiger partial charge in [0.15, 0.2) is 0 Å². The first-order chi connectivity index (χ1) is 10.2. The van der Waals surface area contributed by atoms with Gasteiger partial charge < -0.3 is 5.32 Å². The fraction of sp³-hybridized carbons (Fsp3) is 0.154. The van der Waals surface area contributed by atoms with Crippen LogP contribution in [-0.4, -0.2) is 27.2 Å². The molecule has 0 unspecified atom stereocenters. The summed E-state index contributed by atoms with van der Waals surface area (Å²) in [5.41, 5.74) is 0. The molecule has 0 aromatic carbocycles. The Hall–Kier alpha value is -1.70. The van der Waals surface area contributed by atoms with E-state index in [0.717, 1.165) is 9.88 Å². The minimum Gasteiger partial charge on any atom is -0.349 e. The molecule has 1 N–H and O–H groups in total. The molecule has 0 aliphatic carbocycles. The Morgan fingerprint density at radius 1 is 1.38 bits per heavy atom. The second-order valence-electron chi connectivity index (χ2n) is 4.16. The summed E-state index contributed by atoms with van der Waals surface area (Å²) in [5.74, 6) is -0.117. The first kappa shape index (κ1) is 14.2. The molecule has 0 bridgehead atoms. The van der Waals surface area contributed by atoms with E-state index in [2.05, 4.69) is 15.4 Å². The van der Waals surface area contributed by atoms with Crippen LogP contribution >= 0.6 is 34.3 Å². The highest BCUT2D eigenvalue weighted by Gasteiger charge is 2.12. The first-order valence-corrected chi connectivity index (χ1v) is 8.20. The number of hydrogen-bond donors (Lipinski definition) is 1. The van der Waals surface area contributed by atoms with E-state index in [4.69, 9.17) is 11.6 Å². The van der Waals surface area contributed by atoms with E-state index >= 15 is 0 Å². The maximum atomic E-state index is 12.0. The average molecular weight is 339 g/mol. The van der Waals surface area contributed by atoms with Crippen molar-refractivity contribution in [2.24, 2.45) is 0 Å². The summed E-state index contributed by atoms with van der Waals surface area (Å²) < 4.78 is 2.48. The second-order valence-corrected chi connectivity index (χ2v) is 6.90. The van der Waals surface area contributed by atoms with Crippen LogP contribution in [0.5, 0.6) is 0 Å². The fourth-order valence-electron chi connectivity index (χ4n) is 1.73. The van der Waals surface area contributed by atoms with Crippen molar-refractivity contribution in [3.63, 3.8) is 0 Å². The Labute approximate surface area is 134 Å². The van der Waals surface area contributed by atoms with Crippen LogP contribution in [0.3, 0.4) is 0 Å². The Bertz CT molecular complexity index is 735. The van der Waals surface area contributed by atoms with Gasteiger partial charge >= 0.3 is 0 Å². The zero-order valence-electron chi connectivity index (χ0n) is 10.8. The van der Waals surface area contributed by atoms with Crippen molar-refractivity contribution in [3.8, 4) is 9.88 Å². The molecule has 0 aliphatic rings. The molecule has 1 amide bonds. The molecule has 0 radical (unpaired) electrons. The molecule has 8 heteroatoms. The number of carbonyl (C=O) groups is 1. The molecule has 3 heterocycles. The third kappa shape index (κ3) is 3.49. The molecule has 0 saturated carbocycles. The van der Waals surface area contributed by atoms with Crippen molar-refractivity contribution in [3.05, 3.63) is 46.0 Å². The molecule has 0 spiro atoms. The van der Waals surface area contributed by atoms with Gasteiger partial charge in [0.1, 0.15) is 9.88 Å². The molecular weight excluding hydrogens is 328 g/mol. The lowest BCUT2D eigenvalue weighted by Crippen LogP contribution is -2.26. The minimum absolute atomic E-state index is 0.117. The highest BCUT2D eigenvalue weighted by Crippen LogP contribution is 2.33. The number of aromatic nitrogens is 3. The van der Waals surface area contributed by atoms with E-state index < -0.39 is 0 Å². The summed E-state index contributed by atoms with van der Waals surface area (Å²) in [6.45, 7) is 1.17. The smallest absolute Gasteiger partial charge is 0.263 e. The topological polar surface area (TPSA) is 59.8 Å². The van der Waals surface area contributed by atoms with Crippen molar-refractivity contribution < 1.29 is 4.79 Å².